The minimum Gasteiger partial charge on any atom is -0.394 e. The van der Waals surface area contributed by atoms with Crippen LogP contribution in [-0.4, -0.2) is 40.4 Å². The zero-order chi connectivity index (χ0) is 12.4. The Balaban J connectivity index is 2.19. The number of nitro benzene ring substituents is 1. The SMILES string of the molecule is O=[N+]([O-])c1ccc(N2CC(O)CC2CO)cc1. The summed E-state index contributed by atoms with van der Waals surface area (Å²) in [4.78, 5) is 11.9. The van der Waals surface area contributed by atoms with E-state index in [0.717, 1.165) is 5.69 Å². The lowest BCUT2D eigenvalue weighted by atomic mass is 10.2. The van der Waals surface area contributed by atoms with Gasteiger partial charge in [0.1, 0.15) is 0 Å². The van der Waals surface area contributed by atoms with E-state index in [9.17, 15) is 20.3 Å². The fourth-order valence-corrected chi connectivity index (χ4v) is 2.15. The van der Waals surface area contributed by atoms with E-state index in [-0.39, 0.29) is 18.3 Å². The van der Waals surface area contributed by atoms with Crippen molar-refractivity contribution in [1.29, 1.82) is 0 Å². The molecule has 2 N–H and O–H groups in total. The van der Waals surface area contributed by atoms with E-state index in [0.29, 0.717) is 13.0 Å². The predicted octanol–water partition coefficient (Wildman–Crippen LogP) is 0.527. The number of hydrogen-bond acceptors (Lipinski definition) is 5. The van der Waals surface area contributed by atoms with Gasteiger partial charge in [0.05, 0.1) is 23.7 Å². The second kappa shape index (κ2) is 4.68. The van der Waals surface area contributed by atoms with E-state index in [1.807, 2.05) is 4.90 Å². The topological polar surface area (TPSA) is 86.8 Å². The fourth-order valence-electron chi connectivity index (χ4n) is 2.15. The molecule has 0 aliphatic carbocycles. The van der Waals surface area contributed by atoms with Crippen LogP contribution in [0.3, 0.4) is 0 Å². The van der Waals surface area contributed by atoms with Gasteiger partial charge in [0.2, 0.25) is 0 Å². The van der Waals surface area contributed by atoms with Gasteiger partial charge in [-0.1, -0.05) is 0 Å². The van der Waals surface area contributed by atoms with Crippen LogP contribution in [0.1, 0.15) is 6.42 Å². The third-order valence-electron chi connectivity index (χ3n) is 3.00. The molecule has 2 atom stereocenters. The molecule has 0 aromatic heterocycles. The molecular formula is C11H14N2O4. The normalized spacial score (nSPS) is 24.0. The van der Waals surface area contributed by atoms with E-state index in [4.69, 9.17) is 0 Å². The van der Waals surface area contributed by atoms with Crippen LogP contribution in [-0.2, 0) is 0 Å². The van der Waals surface area contributed by atoms with E-state index in [2.05, 4.69) is 0 Å². The summed E-state index contributed by atoms with van der Waals surface area (Å²) in [6, 6.07) is 6.01. The summed E-state index contributed by atoms with van der Waals surface area (Å²) in [5, 5.41) is 29.3. The molecule has 6 nitrogen and oxygen atoms in total. The van der Waals surface area contributed by atoms with Crippen LogP contribution >= 0.6 is 0 Å². The lowest BCUT2D eigenvalue weighted by Crippen LogP contribution is -2.32. The summed E-state index contributed by atoms with van der Waals surface area (Å²) in [5.74, 6) is 0. The van der Waals surface area contributed by atoms with Crippen molar-refractivity contribution in [1.82, 2.24) is 0 Å². The molecular weight excluding hydrogens is 224 g/mol. The van der Waals surface area contributed by atoms with Gasteiger partial charge >= 0.3 is 0 Å². The van der Waals surface area contributed by atoms with Crippen LogP contribution in [0, 0.1) is 10.1 Å². The Morgan fingerprint density at radius 2 is 2.06 bits per heavy atom. The monoisotopic (exact) mass is 238 g/mol. The second-order valence-electron chi connectivity index (χ2n) is 4.15. The Labute approximate surface area is 98.3 Å². The molecule has 2 rings (SSSR count). The predicted molar refractivity (Wildman–Crippen MR) is 61.9 cm³/mol. The molecule has 2 unspecified atom stereocenters. The van der Waals surface area contributed by atoms with Gasteiger partial charge < -0.3 is 15.1 Å². The van der Waals surface area contributed by atoms with Crippen molar-refractivity contribution in [2.24, 2.45) is 0 Å². The molecule has 0 radical (unpaired) electrons. The summed E-state index contributed by atoms with van der Waals surface area (Å²) in [5.41, 5.74) is 0.820. The molecule has 1 heterocycles. The summed E-state index contributed by atoms with van der Waals surface area (Å²) in [7, 11) is 0. The van der Waals surface area contributed by atoms with Gasteiger partial charge in [-0.25, -0.2) is 0 Å². The molecule has 1 fully saturated rings. The number of rotatable bonds is 3. The maximum atomic E-state index is 10.5. The van der Waals surface area contributed by atoms with E-state index in [1.165, 1.54) is 12.1 Å². The third-order valence-corrected chi connectivity index (χ3v) is 3.00. The lowest BCUT2D eigenvalue weighted by Gasteiger charge is -2.24. The maximum Gasteiger partial charge on any atom is 0.269 e. The first-order chi connectivity index (χ1) is 8.11. The summed E-state index contributed by atoms with van der Waals surface area (Å²) in [6.07, 6.45) is 0.0652. The third kappa shape index (κ3) is 2.37. The zero-order valence-corrected chi connectivity index (χ0v) is 9.19. The molecule has 0 spiro atoms. The Kier molecular flexibility index (Phi) is 3.26. The molecule has 0 saturated carbocycles. The highest BCUT2D eigenvalue weighted by Gasteiger charge is 2.30. The van der Waals surface area contributed by atoms with E-state index in [1.54, 1.807) is 12.1 Å². The van der Waals surface area contributed by atoms with Crippen LogP contribution < -0.4 is 4.90 Å². The molecule has 1 saturated heterocycles. The Morgan fingerprint density at radius 3 is 2.59 bits per heavy atom. The number of aliphatic hydroxyl groups excluding tert-OH is 2. The number of hydrogen-bond donors (Lipinski definition) is 2. The minimum absolute atomic E-state index is 0.0337. The lowest BCUT2D eigenvalue weighted by molar-refractivity contribution is -0.384. The standard InChI is InChI=1S/C11H14N2O4/c14-7-10-5-11(15)6-12(10)8-1-3-9(4-2-8)13(16)17/h1-4,10-11,14-15H,5-7H2. The Bertz CT molecular complexity index is 406. The van der Waals surface area contributed by atoms with Crippen molar-refractivity contribution in [2.75, 3.05) is 18.1 Å². The molecule has 92 valence electrons. The quantitative estimate of drug-likeness (QED) is 0.592. The number of benzene rings is 1. The van der Waals surface area contributed by atoms with Gasteiger partial charge in [-0.2, -0.15) is 0 Å². The number of β-amino-alcohol motifs (C(OH)–C–C–N with tert-alkyl or cyclic N) is 1. The van der Waals surface area contributed by atoms with Gasteiger partial charge in [-0.15, -0.1) is 0 Å². The number of nitro groups is 1. The fraction of sp³-hybridized carbons (Fsp3) is 0.455. The first-order valence-corrected chi connectivity index (χ1v) is 5.42. The van der Waals surface area contributed by atoms with E-state index >= 15 is 0 Å². The van der Waals surface area contributed by atoms with Crippen LogP contribution in [0.2, 0.25) is 0 Å². The van der Waals surface area contributed by atoms with Crippen LogP contribution in [0.25, 0.3) is 0 Å². The summed E-state index contributed by atoms with van der Waals surface area (Å²) < 4.78 is 0. The Morgan fingerprint density at radius 1 is 1.41 bits per heavy atom. The number of non-ortho nitro benzene ring substituents is 1. The molecule has 1 aromatic rings. The van der Waals surface area contributed by atoms with Crippen LogP contribution in [0.15, 0.2) is 24.3 Å². The highest BCUT2D eigenvalue weighted by Crippen LogP contribution is 2.27. The molecule has 1 aliphatic heterocycles. The Hall–Kier alpha value is -1.66. The van der Waals surface area contributed by atoms with Gasteiger partial charge in [-0.3, -0.25) is 10.1 Å². The zero-order valence-electron chi connectivity index (χ0n) is 9.19. The summed E-state index contributed by atoms with van der Waals surface area (Å²) >= 11 is 0. The van der Waals surface area contributed by atoms with Crippen molar-refractivity contribution in [3.63, 3.8) is 0 Å². The van der Waals surface area contributed by atoms with Crippen molar-refractivity contribution in [3.05, 3.63) is 34.4 Å². The van der Waals surface area contributed by atoms with Gasteiger partial charge in [0.25, 0.3) is 5.69 Å². The second-order valence-corrected chi connectivity index (χ2v) is 4.15. The molecule has 1 aromatic carbocycles. The highest BCUT2D eigenvalue weighted by atomic mass is 16.6. The molecule has 17 heavy (non-hydrogen) atoms. The number of nitrogens with zero attached hydrogens (tertiary/aromatic N) is 2. The van der Waals surface area contributed by atoms with Crippen molar-refractivity contribution in [3.8, 4) is 0 Å². The van der Waals surface area contributed by atoms with Crippen LogP contribution in [0.5, 0.6) is 0 Å². The first kappa shape index (κ1) is 11.8. The van der Waals surface area contributed by atoms with Crippen molar-refractivity contribution in [2.45, 2.75) is 18.6 Å². The average molecular weight is 238 g/mol. The first-order valence-electron chi connectivity index (χ1n) is 5.42. The largest absolute Gasteiger partial charge is 0.394 e. The van der Waals surface area contributed by atoms with Crippen molar-refractivity contribution >= 4 is 11.4 Å². The maximum absolute atomic E-state index is 10.5. The van der Waals surface area contributed by atoms with Gasteiger partial charge in [-0.05, 0) is 18.6 Å². The highest BCUT2D eigenvalue weighted by molar-refractivity contribution is 5.52. The molecule has 6 heteroatoms. The molecule has 0 amide bonds. The van der Waals surface area contributed by atoms with Crippen LogP contribution in [0.4, 0.5) is 11.4 Å². The smallest absolute Gasteiger partial charge is 0.269 e. The van der Waals surface area contributed by atoms with Gasteiger partial charge in [0, 0.05) is 24.4 Å². The average Bonchev–Trinajstić information content (AvgIpc) is 2.70. The van der Waals surface area contributed by atoms with Gasteiger partial charge in [0.15, 0.2) is 0 Å². The molecule has 0 bridgehead atoms. The van der Waals surface area contributed by atoms with E-state index < -0.39 is 11.0 Å². The van der Waals surface area contributed by atoms with Crippen molar-refractivity contribution < 1.29 is 15.1 Å². The summed E-state index contributed by atoms with van der Waals surface area (Å²) in [6.45, 7) is 0.414. The molecule has 1 aliphatic rings. The minimum atomic E-state index is -0.456. The number of anilines is 1. The number of aliphatic hydroxyl groups is 2.